The maximum absolute atomic E-state index is 11.3. The number of anilines is 2. The molecule has 1 aliphatic heterocycles. The van der Waals surface area contributed by atoms with E-state index in [1.165, 1.54) is 26.9 Å². The number of carbonyl (C=O) groups is 1. The average Bonchev–Trinajstić information content (AvgIpc) is 3.37. The molecule has 0 amide bonds. The molecule has 1 aliphatic rings. The summed E-state index contributed by atoms with van der Waals surface area (Å²) in [6, 6.07) is 12.4. The third-order valence-electron chi connectivity index (χ3n) is 5.64. The second kappa shape index (κ2) is 13.7. The number of nitriles is 1. The number of rotatable bonds is 7. The molecule has 0 N–H and O–H groups in total. The van der Waals surface area contributed by atoms with Gasteiger partial charge < -0.3 is 12.6 Å². The summed E-state index contributed by atoms with van der Waals surface area (Å²) in [4.78, 5) is 15.5. The van der Waals surface area contributed by atoms with Crippen LogP contribution in [0.15, 0.2) is 54.4 Å². The van der Waals surface area contributed by atoms with Gasteiger partial charge in [0.1, 0.15) is 0 Å². The largest absolute Gasteiger partial charge is 0.696 e. The number of para-hydroxylation sites is 1. The number of carbonyl (C=O) groups excluding carboxylic acids is 1. The van der Waals surface area contributed by atoms with Crippen LogP contribution in [-0.2, 0) is 28.6 Å². The number of hydrogen-bond acceptors (Lipinski definition) is 7. The maximum Gasteiger partial charge on any atom is -0.0797 e. The summed E-state index contributed by atoms with van der Waals surface area (Å²) in [5.74, 6) is 0.995. The average molecular weight is 624 g/mol. The molecular weight excluding hydrogens is 598 g/mol. The zero-order valence-corrected chi connectivity index (χ0v) is 24.7. The first-order valence-electron chi connectivity index (χ1n) is 11.4. The molecule has 0 atom stereocenters. The summed E-state index contributed by atoms with van der Waals surface area (Å²) in [6.45, 7) is 4.01. The van der Waals surface area contributed by atoms with Gasteiger partial charge in [-0.1, -0.05) is 5.40 Å². The van der Waals surface area contributed by atoms with E-state index in [-0.39, 0.29) is 21.1 Å². The van der Waals surface area contributed by atoms with Gasteiger partial charge in [0, 0.05) is 0 Å². The molecule has 0 spiro atoms. The van der Waals surface area contributed by atoms with Gasteiger partial charge in [0.2, 0.25) is 0 Å². The number of nitrogens with zero attached hydrogens (tertiary/aromatic N) is 4. The van der Waals surface area contributed by atoms with Crippen LogP contribution in [-0.4, -0.2) is 48.0 Å². The molecule has 0 bridgehead atoms. The third-order valence-corrected chi connectivity index (χ3v) is 8.73. The van der Waals surface area contributed by atoms with Gasteiger partial charge in [-0.2, -0.15) is 0 Å². The van der Waals surface area contributed by atoms with Crippen LogP contribution in [0, 0.1) is 10.7 Å². The Morgan fingerprint density at radius 1 is 1.24 bits per heavy atom. The van der Waals surface area contributed by atoms with E-state index >= 15 is 0 Å². The fourth-order valence-electron chi connectivity index (χ4n) is 4.03. The van der Waals surface area contributed by atoms with Crippen molar-refractivity contribution in [3.05, 3.63) is 69.0 Å². The van der Waals surface area contributed by atoms with Gasteiger partial charge in [0.15, 0.2) is 0 Å². The fourth-order valence-corrected chi connectivity index (χ4v) is 6.74. The molecule has 2 heterocycles. The molecule has 194 valence electrons. The SMILES string of the molecule is CC[n+]1c(/C=C/C=C2\N(C)c3cc(Cl)c(Cl)cc3N2CCCOC(=O)OC)[se]c2ccccc21.N#C[S-]. The number of ether oxygens (including phenoxy) is 2. The predicted molar refractivity (Wildman–Crippen MR) is 152 cm³/mol. The number of aromatic nitrogens is 1. The van der Waals surface area contributed by atoms with E-state index in [1.54, 1.807) is 0 Å². The van der Waals surface area contributed by atoms with Gasteiger partial charge in [-0.25, -0.2) is 5.26 Å². The van der Waals surface area contributed by atoms with Crippen molar-refractivity contribution in [3.8, 4) is 5.40 Å². The summed E-state index contributed by atoms with van der Waals surface area (Å²) >= 11 is 16.6. The van der Waals surface area contributed by atoms with E-state index in [2.05, 4.69) is 81.1 Å². The molecule has 0 aliphatic carbocycles. The minimum Gasteiger partial charge on any atom is -0.696 e. The Labute approximate surface area is 238 Å². The van der Waals surface area contributed by atoms with Crippen molar-refractivity contribution in [2.24, 2.45) is 0 Å². The first-order chi connectivity index (χ1) is 17.9. The van der Waals surface area contributed by atoms with Crippen LogP contribution in [0.5, 0.6) is 0 Å². The van der Waals surface area contributed by atoms with Crippen molar-refractivity contribution in [1.29, 1.82) is 5.26 Å². The number of methoxy groups -OCH3 is 1. The molecule has 11 heteroatoms. The maximum atomic E-state index is 11.3. The van der Waals surface area contributed by atoms with Crippen LogP contribution in [0.3, 0.4) is 0 Å². The Bertz CT molecular complexity index is 1370. The molecule has 0 saturated heterocycles. The van der Waals surface area contributed by atoms with Crippen LogP contribution in [0.25, 0.3) is 15.9 Å². The van der Waals surface area contributed by atoms with Crippen molar-refractivity contribution in [1.82, 2.24) is 0 Å². The second-order valence-corrected chi connectivity index (χ2v) is 11.0. The topological polar surface area (TPSA) is 69.7 Å². The van der Waals surface area contributed by atoms with Crippen LogP contribution in [0.1, 0.15) is 17.9 Å². The molecule has 0 radical (unpaired) electrons. The van der Waals surface area contributed by atoms with Gasteiger partial charge >= 0.3 is 209 Å². The molecule has 3 aromatic rings. The smallest absolute Gasteiger partial charge is 0.0797 e. The minimum absolute atomic E-state index is 0.261. The molecule has 37 heavy (non-hydrogen) atoms. The number of fused-ring (bicyclic) bond motifs is 2. The quantitative estimate of drug-likeness (QED) is 0.0858. The van der Waals surface area contributed by atoms with E-state index in [4.69, 9.17) is 33.2 Å². The van der Waals surface area contributed by atoms with Crippen molar-refractivity contribution in [2.75, 3.05) is 37.1 Å². The Hall–Kier alpha value is -2.73. The van der Waals surface area contributed by atoms with Crippen LogP contribution < -0.4 is 14.4 Å². The van der Waals surface area contributed by atoms with E-state index in [0.717, 1.165) is 23.7 Å². The van der Waals surface area contributed by atoms with Crippen LogP contribution in [0.4, 0.5) is 16.2 Å². The van der Waals surface area contributed by atoms with Crippen molar-refractivity contribution in [2.45, 2.75) is 19.9 Å². The summed E-state index contributed by atoms with van der Waals surface area (Å²) in [5, 5.41) is 9.48. The molecule has 2 aromatic carbocycles. The van der Waals surface area contributed by atoms with Crippen molar-refractivity contribution < 1.29 is 18.8 Å². The number of allylic oxidation sites excluding steroid dienone is 2. The molecule has 1 aromatic heterocycles. The zero-order chi connectivity index (χ0) is 26.9. The Morgan fingerprint density at radius 2 is 1.92 bits per heavy atom. The molecule has 4 rings (SSSR count). The molecular formula is C26H26Cl2N4O3SSe. The number of aryl methyl sites for hydroxylation is 1. The van der Waals surface area contributed by atoms with E-state index in [1.807, 2.05) is 19.2 Å². The molecule has 7 nitrogen and oxygen atoms in total. The zero-order valence-electron chi connectivity index (χ0n) is 20.6. The predicted octanol–water partition coefficient (Wildman–Crippen LogP) is 5.51. The van der Waals surface area contributed by atoms with Gasteiger partial charge in [0.25, 0.3) is 0 Å². The normalized spacial score (nSPS) is 13.5. The first kappa shape index (κ1) is 28.8. The molecule has 0 fully saturated rings. The first-order valence-corrected chi connectivity index (χ1v) is 14.3. The summed E-state index contributed by atoms with van der Waals surface area (Å²) < 4.78 is 14.7. The molecule has 0 saturated carbocycles. The number of thiocyanates is 1. The summed E-state index contributed by atoms with van der Waals surface area (Å²) in [7, 11) is 3.31. The summed E-state index contributed by atoms with van der Waals surface area (Å²) in [5.41, 5.74) is 3.25. The monoisotopic (exact) mass is 624 g/mol. The van der Waals surface area contributed by atoms with E-state index in [0.29, 0.717) is 23.0 Å². The van der Waals surface area contributed by atoms with Crippen molar-refractivity contribution in [3.63, 3.8) is 0 Å². The number of hydrogen-bond donors (Lipinski definition) is 0. The van der Waals surface area contributed by atoms with Gasteiger partial charge in [-0.15, -0.1) is 0 Å². The van der Waals surface area contributed by atoms with Crippen molar-refractivity contribution >= 4 is 83.7 Å². The Balaban J connectivity index is 0.00000121. The third kappa shape index (κ3) is 6.78. The fraction of sp³-hybridized carbons (Fsp3) is 0.269. The Kier molecular flexibility index (Phi) is 10.7. The van der Waals surface area contributed by atoms with Gasteiger partial charge in [-0.05, 0) is 0 Å². The van der Waals surface area contributed by atoms with Gasteiger partial charge in [-0.3, -0.25) is 0 Å². The molecule has 0 unspecified atom stereocenters. The number of benzene rings is 2. The minimum atomic E-state index is -0.676. The van der Waals surface area contributed by atoms with Crippen LogP contribution in [0.2, 0.25) is 10.0 Å². The van der Waals surface area contributed by atoms with E-state index < -0.39 is 6.16 Å². The van der Waals surface area contributed by atoms with Crippen LogP contribution >= 0.6 is 23.2 Å². The van der Waals surface area contributed by atoms with Gasteiger partial charge in [0.05, 0.1) is 7.11 Å². The number of halogens is 2. The Morgan fingerprint density at radius 3 is 2.59 bits per heavy atom. The van der Waals surface area contributed by atoms with E-state index in [9.17, 15) is 4.79 Å². The summed E-state index contributed by atoms with van der Waals surface area (Å²) in [6.07, 6.45) is 6.35. The second-order valence-electron chi connectivity index (χ2n) is 7.75. The standard InChI is InChI=1S/C25H26Cl2N3O3Se.CHNS/c1-4-29-19-9-5-6-10-22(19)34-24(29)12-7-11-23-28(2)20-15-17(26)18(27)16-21(20)30(23)13-8-14-33-25(31)32-3;2-1-3/h5-7,9-12,15-16H,4,8,13-14H2,1-3H3;3H/q+1;/p-1.